The van der Waals surface area contributed by atoms with Crippen molar-refractivity contribution < 1.29 is 24.5 Å². The van der Waals surface area contributed by atoms with Crippen molar-refractivity contribution in [2.45, 2.75) is 26.2 Å². The number of nitrogens with zero attached hydrogens (tertiary/aromatic N) is 5. The topological polar surface area (TPSA) is 64.5 Å². The maximum atomic E-state index is 14.2. The maximum absolute atomic E-state index is 14.2. The number of benzene rings is 4. The second-order valence-corrected chi connectivity index (χ2v) is 12.9. The third-order valence-corrected chi connectivity index (χ3v) is 8.09. The summed E-state index contributed by atoms with van der Waals surface area (Å²) in [6, 6.07) is 58.1. The van der Waals surface area contributed by atoms with E-state index in [0.29, 0.717) is 11.4 Å². The Hall–Kier alpha value is -6.01. The van der Waals surface area contributed by atoms with Gasteiger partial charge in [-0.15, -0.1) is 108 Å². The molecule has 266 valence electrons. The molecular formula is C47H37FIrN5. The summed E-state index contributed by atoms with van der Waals surface area (Å²) in [5.41, 5.74) is 9.65. The van der Waals surface area contributed by atoms with Gasteiger partial charge in [-0.3, -0.25) is 0 Å². The van der Waals surface area contributed by atoms with Gasteiger partial charge in [-0.1, -0.05) is 81.4 Å². The van der Waals surface area contributed by atoms with Crippen LogP contribution < -0.4 is 0 Å². The van der Waals surface area contributed by atoms with E-state index in [1.807, 2.05) is 133 Å². The van der Waals surface area contributed by atoms with Crippen LogP contribution in [0.15, 0.2) is 170 Å². The van der Waals surface area contributed by atoms with E-state index in [4.69, 9.17) is 0 Å². The van der Waals surface area contributed by atoms with Crippen LogP contribution in [0.25, 0.3) is 56.3 Å². The van der Waals surface area contributed by atoms with Crippen LogP contribution in [0.3, 0.4) is 0 Å². The van der Waals surface area contributed by atoms with Crippen LogP contribution in [0.4, 0.5) is 4.39 Å². The molecule has 0 unspecified atom stereocenters. The summed E-state index contributed by atoms with van der Waals surface area (Å²) < 4.78 is 14.2. The third kappa shape index (κ3) is 11.0. The molecule has 8 rings (SSSR count). The van der Waals surface area contributed by atoms with Crippen molar-refractivity contribution in [1.29, 1.82) is 0 Å². The largest absolute Gasteiger partial charge is 3.00 e. The van der Waals surface area contributed by atoms with Gasteiger partial charge in [0.25, 0.3) is 0 Å². The summed E-state index contributed by atoms with van der Waals surface area (Å²) >= 11 is 0. The van der Waals surface area contributed by atoms with Gasteiger partial charge >= 0.3 is 26.2 Å². The van der Waals surface area contributed by atoms with E-state index >= 15 is 0 Å². The Balaban J connectivity index is 0.000000184. The average Bonchev–Trinajstić information content (AvgIpc) is 3.22. The molecule has 0 atom stereocenters. The molecular weight excluding hydrogens is 846 g/mol. The zero-order valence-electron chi connectivity index (χ0n) is 30.1. The Morgan fingerprint density at radius 1 is 0.463 bits per heavy atom. The van der Waals surface area contributed by atoms with Crippen LogP contribution in [0.2, 0.25) is 0 Å². The van der Waals surface area contributed by atoms with Crippen molar-refractivity contribution >= 4 is 0 Å². The number of hydrogen-bond donors (Lipinski definition) is 0. The number of hydrogen-bond acceptors (Lipinski definition) is 5. The molecule has 54 heavy (non-hydrogen) atoms. The predicted molar refractivity (Wildman–Crippen MR) is 211 cm³/mol. The molecule has 0 bridgehead atoms. The molecule has 7 heteroatoms. The monoisotopic (exact) mass is 883 g/mol. The van der Waals surface area contributed by atoms with Gasteiger partial charge in [-0.25, -0.2) is 9.97 Å². The van der Waals surface area contributed by atoms with Gasteiger partial charge in [-0.05, 0) is 46.3 Å². The van der Waals surface area contributed by atoms with Crippen LogP contribution in [-0.4, -0.2) is 24.9 Å². The molecule has 0 spiro atoms. The summed E-state index contributed by atoms with van der Waals surface area (Å²) in [5.74, 6) is 0. The van der Waals surface area contributed by atoms with Crippen LogP contribution >= 0.6 is 0 Å². The molecule has 0 fully saturated rings. The first kappa shape index (κ1) is 39.2. The number of rotatable bonds is 5. The van der Waals surface area contributed by atoms with Crippen LogP contribution in [-0.2, 0) is 25.5 Å². The zero-order chi connectivity index (χ0) is 36.9. The molecule has 4 heterocycles. The van der Waals surface area contributed by atoms with Crippen LogP contribution in [0.5, 0.6) is 0 Å². The molecule has 8 aromatic rings. The first-order valence-electron chi connectivity index (χ1n) is 17.2. The molecule has 4 aromatic heterocycles. The van der Waals surface area contributed by atoms with E-state index in [1.165, 1.54) is 5.56 Å². The standard InChI is InChI=1S/C25H21FN3.2C11H8N.Ir/c1-25(2,3)20-12-9-18(10-13-20)22-15-23(29-24(26)28-22)19-11-14-21(27-16-19)17-7-5-4-6-8-17;2*1-2-6-10(7-3-1)11-8-4-5-9-12-11;/h4-7,9-16H,1-3H3;2*1-6,8-9H;/q3*-1;+3. The molecule has 0 aliphatic carbocycles. The van der Waals surface area contributed by atoms with Crippen molar-refractivity contribution in [3.8, 4) is 56.3 Å². The van der Waals surface area contributed by atoms with Crippen molar-refractivity contribution in [2.24, 2.45) is 0 Å². The van der Waals surface area contributed by atoms with Gasteiger partial charge < -0.3 is 15.0 Å². The SMILES string of the molecule is CC(C)(C)c1ccc(-c2cc(-c3ccc(-c4[c-]cccc4)nc3)nc(F)n2)cc1.[Ir+3].[c-]1ccccc1-c1ccccn1.[c-]1ccccc1-c1ccccn1. The molecule has 5 nitrogen and oxygen atoms in total. The summed E-state index contributed by atoms with van der Waals surface area (Å²) in [7, 11) is 0. The number of pyridine rings is 3. The van der Waals surface area contributed by atoms with E-state index in [9.17, 15) is 4.39 Å². The molecule has 0 saturated heterocycles. The fourth-order valence-corrected chi connectivity index (χ4v) is 5.26. The Morgan fingerprint density at radius 2 is 0.907 bits per heavy atom. The molecule has 0 aliphatic heterocycles. The quantitative estimate of drug-likeness (QED) is 0.127. The van der Waals surface area contributed by atoms with E-state index in [0.717, 1.165) is 44.9 Å². The molecule has 0 amide bonds. The minimum atomic E-state index is -0.752. The first-order chi connectivity index (χ1) is 25.8. The summed E-state index contributed by atoms with van der Waals surface area (Å²) in [6.45, 7) is 6.48. The van der Waals surface area contributed by atoms with Crippen LogP contribution in [0, 0.1) is 24.3 Å². The fraction of sp³-hybridized carbons (Fsp3) is 0.0851. The van der Waals surface area contributed by atoms with Gasteiger partial charge in [0.1, 0.15) is 0 Å². The molecule has 0 N–H and O–H groups in total. The fourth-order valence-electron chi connectivity index (χ4n) is 5.26. The minimum Gasteiger partial charge on any atom is -0.305 e. The van der Waals surface area contributed by atoms with Gasteiger partial charge in [0.2, 0.25) is 0 Å². The van der Waals surface area contributed by atoms with Crippen molar-refractivity contribution in [3.05, 3.63) is 200 Å². The first-order valence-corrected chi connectivity index (χ1v) is 17.2. The van der Waals surface area contributed by atoms with E-state index in [2.05, 4.69) is 76.0 Å². The third-order valence-electron chi connectivity index (χ3n) is 8.09. The Labute approximate surface area is 330 Å². The molecule has 0 radical (unpaired) electrons. The minimum absolute atomic E-state index is 0. The van der Waals surface area contributed by atoms with E-state index in [-0.39, 0.29) is 25.5 Å². The second kappa shape index (κ2) is 19.2. The predicted octanol–water partition coefficient (Wildman–Crippen LogP) is 11.2. The van der Waals surface area contributed by atoms with Crippen LogP contribution in [0.1, 0.15) is 26.3 Å². The van der Waals surface area contributed by atoms with Gasteiger partial charge in [0.15, 0.2) is 0 Å². The zero-order valence-corrected chi connectivity index (χ0v) is 32.5. The van der Waals surface area contributed by atoms with E-state index < -0.39 is 6.08 Å². The maximum Gasteiger partial charge on any atom is 3.00 e. The van der Waals surface area contributed by atoms with Gasteiger partial charge in [0.05, 0.1) is 11.4 Å². The average molecular weight is 883 g/mol. The van der Waals surface area contributed by atoms with Crippen molar-refractivity contribution in [3.63, 3.8) is 0 Å². The summed E-state index contributed by atoms with van der Waals surface area (Å²) in [5, 5.41) is 0. The van der Waals surface area contributed by atoms with Gasteiger partial charge in [-0.2, -0.15) is 4.39 Å². The Kier molecular flexibility index (Phi) is 13.9. The number of aromatic nitrogens is 5. The second-order valence-electron chi connectivity index (χ2n) is 12.9. The normalized spacial score (nSPS) is 10.4. The van der Waals surface area contributed by atoms with Crippen molar-refractivity contribution in [2.75, 3.05) is 0 Å². The Morgan fingerprint density at radius 3 is 1.30 bits per heavy atom. The van der Waals surface area contributed by atoms with Gasteiger partial charge in [0, 0.05) is 29.7 Å². The molecule has 0 aliphatic rings. The smallest absolute Gasteiger partial charge is 0.305 e. The molecule has 4 aromatic carbocycles. The van der Waals surface area contributed by atoms with Crippen molar-refractivity contribution in [1.82, 2.24) is 24.9 Å². The number of halogens is 1. The van der Waals surface area contributed by atoms with E-state index in [1.54, 1.807) is 24.7 Å². The summed E-state index contributed by atoms with van der Waals surface area (Å²) in [4.78, 5) is 20.9. The summed E-state index contributed by atoms with van der Waals surface area (Å²) in [6.07, 6.45) is 4.52. The molecule has 0 saturated carbocycles. The Bertz CT molecular complexity index is 2130.